The Labute approximate surface area is 528 Å². The Hall–Kier alpha value is -11.4. The maximum Gasteiger partial charge on any atom is 0.411 e. The molecule has 23 nitrogen and oxygen atoms in total. The molecule has 1 aromatic heterocycles. The van der Waals surface area contributed by atoms with Crippen LogP contribution in [0.1, 0.15) is 96.3 Å². The molecular weight excluding hydrogens is 1180 g/mol. The third-order valence-electron chi connectivity index (χ3n) is 15.8. The number of hydrogen-bond acceptors (Lipinski definition) is 16. The minimum absolute atomic E-state index is 0.000557. The summed E-state index contributed by atoms with van der Waals surface area (Å²) in [7, 11) is 0. The van der Waals surface area contributed by atoms with Crippen LogP contribution in [0.5, 0.6) is 11.5 Å². The van der Waals surface area contributed by atoms with E-state index in [1.54, 1.807) is 121 Å². The number of unbranched alkanes of at least 4 members (excludes halogenated alkanes) is 1. The van der Waals surface area contributed by atoms with Crippen LogP contribution >= 0.6 is 0 Å². The molecule has 10 rings (SSSR count). The van der Waals surface area contributed by atoms with Crippen LogP contribution in [-0.4, -0.2) is 78.4 Å². The Bertz CT molecular complexity index is 4190. The molecule has 92 heavy (non-hydrogen) atoms. The number of benzene rings is 7. The number of anilines is 4. The largest absolute Gasteiger partial charge is 0.456 e. The molecule has 1 unspecified atom stereocenters. The molecule has 0 radical (unpaired) electrons. The van der Waals surface area contributed by atoms with E-state index >= 15 is 4.79 Å². The number of ether oxygens (including phenoxy) is 4. The van der Waals surface area contributed by atoms with Gasteiger partial charge < -0.3 is 54.4 Å². The summed E-state index contributed by atoms with van der Waals surface area (Å²) in [6, 6.07) is 42.5. The van der Waals surface area contributed by atoms with Crippen molar-refractivity contribution >= 4 is 81.2 Å². The highest BCUT2D eigenvalue weighted by molar-refractivity contribution is 6.01. The molecule has 0 fully saturated rings. The Balaban J connectivity index is 0.848. The number of nitro groups is 1. The molecule has 0 saturated carbocycles. The number of fused-ring (bicyclic) bond motifs is 7. The van der Waals surface area contributed by atoms with Crippen LogP contribution in [0.15, 0.2) is 173 Å². The van der Waals surface area contributed by atoms with Gasteiger partial charge in [0.15, 0.2) is 5.60 Å². The Morgan fingerprint density at radius 1 is 0.630 bits per heavy atom. The monoisotopic (exact) mass is 1250 g/mol. The molecule has 0 bridgehead atoms. The smallest absolute Gasteiger partial charge is 0.411 e. The van der Waals surface area contributed by atoms with Crippen molar-refractivity contribution in [2.75, 3.05) is 40.1 Å². The molecule has 3 atom stereocenters. The molecule has 5 N–H and O–H groups in total. The first kappa shape index (κ1) is 63.7. The van der Waals surface area contributed by atoms with Gasteiger partial charge >= 0.3 is 23.8 Å². The molecule has 3 heterocycles. The highest BCUT2D eigenvalue weighted by Gasteiger charge is 2.53. The molecular formula is C69H66N8O15. The molecule has 0 saturated heterocycles. The number of alkyl carbamates (subject to hydrolysis) is 1. The van der Waals surface area contributed by atoms with E-state index in [9.17, 15) is 43.7 Å². The lowest BCUT2D eigenvalue weighted by Crippen LogP contribution is -2.55. The summed E-state index contributed by atoms with van der Waals surface area (Å²) in [5.41, 5.74) is 3.71. The van der Waals surface area contributed by atoms with E-state index in [2.05, 4.69) is 31.5 Å². The van der Waals surface area contributed by atoms with Crippen molar-refractivity contribution in [3.05, 3.63) is 229 Å². The second kappa shape index (κ2) is 28.4. The van der Waals surface area contributed by atoms with Gasteiger partial charge in [-0.15, -0.1) is 0 Å². The molecule has 1 spiro atoms. The van der Waals surface area contributed by atoms with E-state index in [1.165, 1.54) is 43.0 Å². The Morgan fingerprint density at radius 2 is 1.29 bits per heavy atom. The maximum absolute atomic E-state index is 15.3. The van der Waals surface area contributed by atoms with Gasteiger partial charge in [-0.2, -0.15) is 0 Å². The lowest BCUT2D eigenvalue weighted by molar-refractivity contribution is -0.385. The first-order chi connectivity index (χ1) is 44.4. The molecule has 6 amide bonds. The van der Waals surface area contributed by atoms with Crippen LogP contribution in [-0.2, 0) is 65.2 Å². The quantitative estimate of drug-likeness (QED) is 0.00938. The lowest BCUT2D eigenvalue weighted by atomic mass is 9.77. The average Bonchev–Trinajstić information content (AvgIpc) is 1.45. The minimum atomic E-state index is -1.42. The predicted octanol–water partition coefficient (Wildman–Crippen LogP) is 10.7. The predicted molar refractivity (Wildman–Crippen MR) is 341 cm³/mol. The highest BCUT2D eigenvalue weighted by atomic mass is 16.6. The number of carbonyl (C=O) groups excluding carboxylic acids is 7. The van der Waals surface area contributed by atoms with Crippen molar-refractivity contribution in [1.82, 2.24) is 16.0 Å². The van der Waals surface area contributed by atoms with Crippen molar-refractivity contribution in [3.8, 4) is 11.5 Å². The van der Waals surface area contributed by atoms with Crippen molar-refractivity contribution in [2.24, 2.45) is 0 Å². The van der Waals surface area contributed by atoms with Gasteiger partial charge in [-0.1, -0.05) is 78.9 Å². The Kier molecular flexibility index (Phi) is 19.7. The van der Waals surface area contributed by atoms with Crippen molar-refractivity contribution < 1.29 is 61.8 Å². The van der Waals surface area contributed by atoms with Crippen LogP contribution < -0.4 is 46.7 Å². The van der Waals surface area contributed by atoms with Crippen molar-refractivity contribution in [2.45, 2.75) is 90.8 Å². The number of nitrogens with one attached hydrogen (secondary N) is 5. The van der Waals surface area contributed by atoms with E-state index in [-0.39, 0.29) is 86.3 Å². The molecule has 8 aromatic rings. The number of rotatable bonds is 24. The molecule has 7 aromatic carbocycles. The van der Waals surface area contributed by atoms with E-state index in [1.807, 2.05) is 32.0 Å². The fraction of sp³-hybridized carbons (Fsp3) is 0.246. The Morgan fingerprint density at radius 3 is 1.99 bits per heavy atom. The van der Waals surface area contributed by atoms with E-state index < -0.39 is 64.1 Å². The number of nitro benzene ring substituents is 1. The molecule has 472 valence electrons. The average molecular weight is 1250 g/mol. The van der Waals surface area contributed by atoms with E-state index in [0.717, 1.165) is 24.3 Å². The van der Waals surface area contributed by atoms with Gasteiger partial charge in [-0.05, 0) is 98.8 Å². The number of para-hydroxylation sites is 1. The van der Waals surface area contributed by atoms with Gasteiger partial charge in [0.25, 0.3) is 5.69 Å². The number of esters is 1. The lowest BCUT2D eigenvalue weighted by Gasteiger charge is -2.36. The number of nitrogens with zero attached hydrogens (tertiary/aromatic N) is 3. The van der Waals surface area contributed by atoms with Gasteiger partial charge in [-0.3, -0.25) is 34.6 Å². The standard InChI is InChI=1S/C69H66N8O15/c1-5-75(6-2)51-29-30-52-47(35-63(80)91-60(52)38-51)41-89-67(84)70-33-15-14-21-57(74-64(81)58(72-43(4)79)34-44-16-8-7-9-17-44)65(82)76(39-46-18-10-13-22-59(46)77(86)87)50-27-23-45(24-28-50)40-88-68(85)73-49-26-32-56-62(37-49)90-61-36-48(71-42(3)78)25-31-55(61)69(56)54-20-12-11-19-53(54)66(83)92-69/h7-13,16-20,22-32,35-38,57-58H,5-6,14-15,21,33-34,39-41H2,1-4H3,(H,70,84)(H,71,78)(H,72,79)(H,73,85)(H,74,81)/t57-,58-,69?/m0/s1. The van der Waals surface area contributed by atoms with Crippen molar-refractivity contribution in [1.29, 1.82) is 0 Å². The summed E-state index contributed by atoms with van der Waals surface area (Å²) >= 11 is 0. The van der Waals surface area contributed by atoms with E-state index in [4.69, 9.17) is 23.4 Å². The van der Waals surface area contributed by atoms with Crippen LogP contribution in [0.2, 0.25) is 0 Å². The van der Waals surface area contributed by atoms with Gasteiger partial charge in [0.05, 0.1) is 17.0 Å². The zero-order chi connectivity index (χ0) is 65.1. The second-order valence-electron chi connectivity index (χ2n) is 21.9. The van der Waals surface area contributed by atoms with Gasteiger partial charge in [0.1, 0.15) is 42.4 Å². The van der Waals surface area contributed by atoms with Gasteiger partial charge in [0, 0.05) is 126 Å². The van der Waals surface area contributed by atoms with Gasteiger partial charge in [0.2, 0.25) is 23.6 Å². The number of hydrogen-bond donors (Lipinski definition) is 5. The van der Waals surface area contributed by atoms with Gasteiger partial charge in [-0.25, -0.2) is 19.2 Å². The molecule has 2 aliphatic rings. The summed E-state index contributed by atoms with van der Waals surface area (Å²) in [6.07, 6.45) is -1.01. The fourth-order valence-corrected chi connectivity index (χ4v) is 11.4. The number of carbonyl (C=O) groups is 7. The van der Waals surface area contributed by atoms with Crippen LogP contribution in [0.25, 0.3) is 11.0 Å². The van der Waals surface area contributed by atoms with Crippen LogP contribution in [0.4, 0.5) is 38.0 Å². The fourth-order valence-electron chi connectivity index (χ4n) is 11.4. The zero-order valence-corrected chi connectivity index (χ0v) is 50.8. The van der Waals surface area contributed by atoms with Crippen LogP contribution in [0.3, 0.4) is 0 Å². The summed E-state index contributed by atoms with van der Waals surface area (Å²) in [4.78, 5) is 122. The maximum atomic E-state index is 15.3. The first-order valence-electron chi connectivity index (χ1n) is 29.9. The third-order valence-corrected chi connectivity index (χ3v) is 15.8. The SMILES string of the molecule is CCN(CC)c1ccc2c(COC(=O)NCCCC[C@H](NC(=O)[C@H](Cc3ccccc3)NC(C)=O)C(=O)N(Cc3ccccc3[N+](=O)[O-])c3ccc(COC(=O)Nc4ccc5c(c4)Oc4cc(NC(C)=O)ccc4C54OC(=O)c5ccccc54)cc3)cc(=O)oc2c1. The van der Waals surface area contributed by atoms with E-state index in [0.29, 0.717) is 55.8 Å². The zero-order valence-electron chi connectivity index (χ0n) is 50.8. The summed E-state index contributed by atoms with van der Waals surface area (Å²) < 4.78 is 29.3. The number of amides is 6. The topological polar surface area (TPSA) is 296 Å². The second-order valence-corrected chi connectivity index (χ2v) is 21.9. The first-order valence-corrected chi connectivity index (χ1v) is 29.9. The summed E-state index contributed by atoms with van der Waals surface area (Å²) in [5, 5.41) is 26.7. The minimum Gasteiger partial charge on any atom is -0.456 e. The highest BCUT2D eigenvalue weighted by Crippen LogP contribution is 2.57. The van der Waals surface area contributed by atoms with Crippen molar-refractivity contribution in [3.63, 3.8) is 0 Å². The summed E-state index contributed by atoms with van der Waals surface area (Å²) in [5.74, 6) is -2.12. The molecule has 23 heteroatoms. The third kappa shape index (κ3) is 14.5. The van der Waals surface area contributed by atoms with Crippen LogP contribution in [0, 0.1) is 10.1 Å². The molecule has 2 aliphatic heterocycles. The normalized spacial score (nSPS) is 14.0. The summed E-state index contributed by atoms with van der Waals surface area (Å²) in [6.45, 7) is 7.43. The molecule has 0 aliphatic carbocycles.